The van der Waals surface area contributed by atoms with Crippen molar-refractivity contribution < 1.29 is 23.7 Å². The van der Waals surface area contributed by atoms with E-state index in [0.29, 0.717) is 41.4 Å². The first-order chi connectivity index (χ1) is 16.1. The Bertz CT molecular complexity index is 1060. The normalized spacial score (nSPS) is 10.6. The Morgan fingerprint density at radius 1 is 1.00 bits per heavy atom. The summed E-state index contributed by atoms with van der Waals surface area (Å²) in [5.74, 6) is 2.98. The van der Waals surface area contributed by atoms with Crippen molar-refractivity contribution in [1.29, 1.82) is 0 Å². The Balaban J connectivity index is 2.11. The molecule has 0 aliphatic rings. The van der Waals surface area contributed by atoms with E-state index in [1.165, 1.54) is 11.8 Å². The van der Waals surface area contributed by atoms with Crippen LogP contribution in [0, 0.1) is 0 Å². The van der Waals surface area contributed by atoms with Crippen molar-refractivity contribution >= 4 is 17.7 Å². The molecule has 0 spiro atoms. The number of carbonyl (C=O) groups is 1. The van der Waals surface area contributed by atoms with Gasteiger partial charge in [0.25, 0.3) is 0 Å². The third-order valence-electron chi connectivity index (χ3n) is 4.67. The van der Waals surface area contributed by atoms with Gasteiger partial charge in [0, 0.05) is 17.8 Å². The first-order valence-corrected chi connectivity index (χ1v) is 11.4. The number of hydrogen-bond acceptors (Lipinski definition) is 8. The third-order valence-corrected chi connectivity index (χ3v) is 5.60. The van der Waals surface area contributed by atoms with Gasteiger partial charge in [0.2, 0.25) is 11.7 Å². The van der Waals surface area contributed by atoms with Gasteiger partial charge in [-0.25, -0.2) is 0 Å². The van der Waals surface area contributed by atoms with Gasteiger partial charge in [-0.15, -0.1) is 10.2 Å². The predicted octanol–water partition coefficient (Wildman–Crippen LogP) is 3.59. The lowest BCUT2D eigenvalue weighted by Crippen LogP contribution is -2.24. The van der Waals surface area contributed by atoms with E-state index in [9.17, 15) is 4.79 Å². The van der Waals surface area contributed by atoms with E-state index in [0.717, 1.165) is 17.0 Å². The number of thioether (sulfide) groups is 1. The molecule has 0 aliphatic heterocycles. The van der Waals surface area contributed by atoms with Gasteiger partial charge in [-0.3, -0.25) is 9.36 Å². The quantitative estimate of drug-likeness (QED) is 0.423. The number of carbonyl (C=O) groups excluding carboxylic acids is 1. The van der Waals surface area contributed by atoms with Crippen molar-refractivity contribution in [2.24, 2.45) is 0 Å². The maximum Gasteiger partial charge on any atom is 0.230 e. The fourth-order valence-electron chi connectivity index (χ4n) is 3.23. The zero-order chi connectivity index (χ0) is 23.8. The van der Waals surface area contributed by atoms with Crippen molar-refractivity contribution in [3.8, 4) is 40.1 Å². The van der Waals surface area contributed by atoms with Crippen molar-refractivity contribution in [2.75, 3.05) is 40.2 Å². The van der Waals surface area contributed by atoms with Crippen LogP contribution in [0.25, 0.3) is 17.1 Å². The topological polar surface area (TPSA) is 96.7 Å². The molecule has 2 aromatic carbocycles. The molecule has 1 heterocycles. The van der Waals surface area contributed by atoms with Crippen molar-refractivity contribution in [3.05, 3.63) is 36.4 Å². The Morgan fingerprint density at radius 2 is 1.67 bits per heavy atom. The summed E-state index contributed by atoms with van der Waals surface area (Å²) >= 11 is 1.31. The van der Waals surface area contributed by atoms with E-state index in [2.05, 4.69) is 15.5 Å². The first-order valence-electron chi connectivity index (χ1n) is 10.4. The first kappa shape index (κ1) is 24.2. The second-order valence-electron chi connectivity index (χ2n) is 6.72. The number of amides is 1. The molecule has 1 aromatic heterocycles. The van der Waals surface area contributed by atoms with Crippen LogP contribution in [0.4, 0.5) is 0 Å². The molecule has 0 aliphatic carbocycles. The van der Waals surface area contributed by atoms with Crippen LogP contribution in [0.15, 0.2) is 41.6 Å². The lowest BCUT2D eigenvalue weighted by atomic mass is 10.1. The Labute approximate surface area is 197 Å². The smallest absolute Gasteiger partial charge is 0.230 e. The Kier molecular flexibility index (Phi) is 8.42. The molecule has 3 rings (SSSR count). The zero-order valence-corrected chi connectivity index (χ0v) is 20.2. The lowest BCUT2D eigenvalue weighted by Gasteiger charge is -2.15. The van der Waals surface area contributed by atoms with E-state index in [-0.39, 0.29) is 11.7 Å². The van der Waals surface area contributed by atoms with Gasteiger partial charge in [0.1, 0.15) is 5.75 Å². The van der Waals surface area contributed by atoms with E-state index in [1.54, 1.807) is 21.3 Å². The average Bonchev–Trinajstić information content (AvgIpc) is 3.26. The second-order valence-corrected chi connectivity index (χ2v) is 7.67. The summed E-state index contributed by atoms with van der Waals surface area (Å²) in [4.78, 5) is 12.0. The monoisotopic (exact) mass is 472 g/mol. The van der Waals surface area contributed by atoms with Gasteiger partial charge in [-0.2, -0.15) is 0 Å². The number of ether oxygens (including phenoxy) is 4. The fraction of sp³-hybridized carbons (Fsp3) is 0.348. The number of nitrogens with one attached hydrogen (secondary N) is 1. The van der Waals surface area contributed by atoms with E-state index in [1.807, 2.05) is 54.8 Å². The molecule has 0 radical (unpaired) electrons. The van der Waals surface area contributed by atoms with Crippen LogP contribution in [0.3, 0.4) is 0 Å². The number of methoxy groups -OCH3 is 3. The fourth-order valence-corrected chi connectivity index (χ4v) is 4.01. The summed E-state index contributed by atoms with van der Waals surface area (Å²) in [7, 11) is 4.68. The summed E-state index contributed by atoms with van der Waals surface area (Å²) in [6.07, 6.45) is 0. The van der Waals surface area contributed by atoms with Gasteiger partial charge < -0.3 is 24.3 Å². The summed E-state index contributed by atoms with van der Waals surface area (Å²) < 4.78 is 23.9. The molecule has 0 saturated carbocycles. The maximum atomic E-state index is 12.0. The highest BCUT2D eigenvalue weighted by Crippen LogP contribution is 2.41. The minimum Gasteiger partial charge on any atom is -0.494 e. The molecule has 0 atom stereocenters. The molecule has 176 valence electrons. The van der Waals surface area contributed by atoms with Crippen LogP contribution in [-0.2, 0) is 4.79 Å². The van der Waals surface area contributed by atoms with Crippen LogP contribution in [0.5, 0.6) is 23.0 Å². The molecule has 0 saturated heterocycles. The van der Waals surface area contributed by atoms with Crippen LogP contribution in [-0.4, -0.2) is 60.9 Å². The molecule has 0 bridgehead atoms. The van der Waals surface area contributed by atoms with Gasteiger partial charge in [-0.1, -0.05) is 11.8 Å². The summed E-state index contributed by atoms with van der Waals surface area (Å²) in [6, 6.07) is 11.2. The molecule has 1 amide bonds. The van der Waals surface area contributed by atoms with Crippen LogP contribution in [0.2, 0.25) is 0 Å². The second kappa shape index (κ2) is 11.5. The molecule has 9 nitrogen and oxygen atoms in total. The Hall–Kier alpha value is -3.40. The van der Waals surface area contributed by atoms with Crippen molar-refractivity contribution in [3.63, 3.8) is 0 Å². The summed E-state index contributed by atoms with van der Waals surface area (Å²) in [6.45, 7) is 4.97. The number of benzene rings is 2. The highest BCUT2D eigenvalue weighted by molar-refractivity contribution is 7.99. The van der Waals surface area contributed by atoms with Crippen LogP contribution < -0.4 is 24.3 Å². The van der Waals surface area contributed by atoms with Crippen molar-refractivity contribution in [1.82, 2.24) is 20.1 Å². The highest BCUT2D eigenvalue weighted by atomic mass is 32.2. The molecule has 0 fully saturated rings. The van der Waals surface area contributed by atoms with Crippen molar-refractivity contribution in [2.45, 2.75) is 19.0 Å². The largest absolute Gasteiger partial charge is 0.494 e. The minimum absolute atomic E-state index is 0.0712. The van der Waals surface area contributed by atoms with E-state index >= 15 is 0 Å². The summed E-state index contributed by atoms with van der Waals surface area (Å²) in [5, 5.41) is 12.2. The molecule has 3 aromatic rings. The summed E-state index contributed by atoms with van der Waals surface area (Å²) in [5.41, 5.74) is 1.54. The van der Waals surface area contributed by atoms with E-state index < -0.39 is 0 Å². The molecule has 10 heteroatoms. The molecule has 1 N–H and O–H groups in total. The average molecular weight is 473 g/mol. The number of aromatic nitrogens is 3. The third kappa shape index (κ3) is 5.51. The van der Waals surface area contributed by atoms with Crippen LogP contribution >= 0.6 is 11.8 Å². The van der Waals surface area contributed by atoms with Gasteiger partial charge >= 0.3 is 0 Å². The highest BCUT2D eigenvalue weighted by Gasteiger charge is 2.21. The Morgan fingerprint density at radius 3 is 2.21 bits per heavy atom. The number of rotatable bonds is 11. The maximum absolute atomic E-state index is 12.0. The SMILES string of the molecule is CCNC(=O)CSc1nnc(-c2cc(OC)c(OC)c(OC)c2)n1-c1ccc(OCC)cc1. The predicted molar refractivity (Wildman–Crippen MR) is 127 cm³/mol. The van der Waals surface area contributed by atoms with Gasteiger partial charge in [0.05, 0.1) is 33.7 Å². The molecule has 0 unspecified atom stereocenters. The van der Waals surface area contributed by atoms with Gasteiger partial charge in [-0.05, 0) is 50.2 Å². The minimum atomic E-state index is -0.0712. The molecule has 33 heavy (non-hydrogen) atoms. The molecular weight excluding hydrogens is 444 g/mol. The number of hydrogen-bond donors (Lipinski definition) is 1. The van der Waals surface area contributed by atoms with Crippen LogP contribution in [0.1, 0.15) is 13.8 Å². The zero-order valence-electron chi connectivity index (χ0n) is 19.4. The number of nitrogens with zero attached hydrogens (tertiary/aromatic N) is 3. The standard InChI is InChI=1S/C23H28N4O5S/c1-6-24-20(28)14-33-23-26-25-22(27(23)16-8-10-17(11-9-16)32-7-2)15-12-18(29-3)21(31-5)19(13-15)30-4/h8-13H,6-7,14H2,1-5H3,(H,24,28). The molecular formula is C23H28N4O5S. The lowest BCUT2D eigenvalue weighted by molar-refractivity contribution is -0.118. The van der Waals surface area contributed by atoms with Gasteiger partial charge in [0.15, 0.2) is 22.5 Å². The van der Waals surface area contributed by atoms with E-state index in [4.69, 9.17) is 18.9 Å².